The number of aromatic nitrogens is 2. The van der Waals surface area contributed by atoms with Gasteiger partial charge in [0.25, 0.3) is 0 Å². The number of anilines is 1. The minimum atomic E-state index is -0.0414. The van der Waals surface area contributed by atoms with Crippen LogP contribution in [-0.2, 0) is 4.79 Å². The molecule has 7 heteroatoms. The van der Waals surface area contributed by atoms with Crippen LogP contribution in [0.15, 0.2) is 36.5 Å². The van der Waals surface area contributed by atoms with E-state index in [1.54, 1.807) is 6.20 Å². The number of amides is 1. The minimum Gasteiger partial charge on any atom is -0.352 e. The largest absolute Gasteiger partial charge is 0.352 e. The summed E-state index contributed by atoms with van der Waals surface area (Å²) in [6.07, 6.45) is 7.57. The molecule has 1 saturated heterocycles. The Balaban J connectivity index is 1.31. The lowest BCUT2D eigenvalue weighted by Crippen LogP contribution is -2.48. The number of fused-ring (bicyclic) bond motifs is 1. The van der Waals surface area contributed by atoms with Crippen molar-refractivity contribution in [2.45, 2.75) is 56.7 Å². The van der Waals surface area contributed by atoms with Crippen LogP contribution in [0.2, 0.25) is 5.02 Å². The Hall–Kier alpha value is -2.88. The second-order valence-corrected chi connectivity index (χ2v) is 9.03. The molecule has 32 heavy (non-hydrogen) atoms. The predicted octanol–water partition coefficient (Wildman–Crippen LogP) is 4.14. The van der Waals surface area contributed by atoms with Gasteiger partial charge in [0.2, 0.25) is 11.9 Å². The fraction of sp³-hybridized carbons (Fsp3) is 0.400. The van der Waals surface area contributed by atoms with Crippen LogP contribution in [0.5, 0.6) is 0 Å². The third-order valence-electron chi connectivity index (χ3n) is 6.37. The van der Waals surface area contributed by atoms with Crippen LogP contribution in [0.25, 0.3) is 22.0 Å². The zero-order chi connectivity index (χ0) is 21.9. The summed E-state index contributed by atoms with van der Waals surface area (Å²) in [5.74, 6) is 0.679. The molecule has 0 bridgehead atoms. The highest BCUT2D eigenvalue weighted by Gasteiger charge is 2.28. The summed E-state index contributed by atoms with van der Waals surface area (Å²) in [5.41, 5.74) is 1.59. The Labute approximate surface area is 193 Å². The number of nitrogens with one attached hydrogen (secondary N) is 3. The zero-order valence-corrected chi connectivity index (χ0v) is 18.6. The number of hydrogen-bond acceptors (Lipinski definition) is 5. The van der Waals surface area contributed by atoms with E-state index in [9.17, 15) is 4.79 Å². The van der Waals surface area contributed by atoms with E-state index in [2.05, 4.69) is 33.1 Å². The highest BCUT2D eigenvalue weighted by atomic mass is 35.5. The lowest BCUT2D eigenvalue weighted by Gasteiger charge is -2.31. The average molecular weight is 448 g/mol. The second-order valence-electron chi connectivity index (χ2n) is 8.63. The highest BCUT2D eigenvalue weighted by Crippen LogP contribution is 2.31. The maximum Gasteiger partial charge on any atom is 0.237 e. The van der Waals surface area contributed by atoms with Gasteiger partial charge < -0.3 is 16.0 Å². The first-order valence-electron chi connectivity index (χ1n) is 11.3. The van der Waals surface area contributed by atoms with Crippen LogP contribution >= 0.6 is 11.6 Å². The summed E-state index contributed by atoms with van der Waals surface area (Å²) < 4.78 is 0. The maximum atomic E-state index is 12.5. The van der Waals surface area contributed by atoms with Crippen molar-refractivity contribution >= 4 is 34.2 Å². The zero-order valence-electron chi connectivity index (χ0n) is 17.8. The van der Waals surface area contributed by atoms with Crippen LogP contribution < -0.4 is 16.0 Å². The van der Waals surface area contributed by atoms with Crippen LogP contribution in [0.3, 0.4) is 0 Å². The highest BCUT2D eigenvalue weighted by molar-refractivity contribution is 6.33. The summed E-state index contributed by atoms with van der Waals surface area (Å²) in [7, 11) is 0. The number of rotatable bonds is 5. The fourth-order valence-corrected chi connectivity index (χ4v) is 4.95. The monoisotopic (exact) mass is 447 g/mol. The average Bonchev–Trinajstić information content (AvgIpc) is 3.36. The summed E-state index contributed by atoms with van der Waals surface area (Å²) in [6, 6.07) is 16.4. The molecule has 1 amide bonds. The number of benzene rings is 1. The van der Waals surface area contributed by atoms with Gasteiger partial charge in [0, 0.05) is 28.4 Å². The lowest BCUT2D eigenvalue weighted by atomic mass is 9.91. The molecule has 6 nitrogen and oxygen atoms in total. The standard InChI is InChI=1S/C25H26ClN5O/c26-21-15-28-25(31-23(21)20-11-3-7-16-6-1-2-10-19(16)20)30-18-9-4-8-17(14-18)29-24(32)22-12-5-13-27-22/h1-2,6,10-11,15,17-18,22,27H,4-5,8-9,12-14H2,(H,29,32)(H,28,30,31)/t17-,18+,22-/m0/s1. The van der Waals surface area contributed by atoms with Crippen LogP contribution in [0, 0.1) is 12.1 Å². The van der Waals surface area contributed by atoms with Crippen LogP contribution in [-0.4, -0.2) is 40.5 Å². The normalized spacial score (nSPS) is 23.0. The molecule has 1 aliphatic carbocycles. The van der Waals surface area contributed by atoms with Gasteiger partial charge in [-0.1, -0.05) is 41.9 Å². The summed E-state index contributed by atoms with van der Waals surface area (Å²) >= 11 is 6.49. The molecule has 2 heterocycles. The molecule has 2 aromatic carbocycles. The van der Waals surface area contributed by atoms with Gasteiger partial charge in [0.05, 0.1) is 23.0 Å². The van der Waals surface area contributed by atoms with E-state index in [1.807, 2.05) is 30.3 Å². The van der Waals surface area contributed by atoms with E-state index in [0.29, 0.717) is 16.7 Å². The van der Waals surface area contributed by atoms with Crippen molar-refractivity contribution in [3.8, 4) is 11.3 Å². The smallest absolute Gasteiger partial charge is 0.237 e. The first-order valence-corrected chi connectivity index (χ1v) is 11.7. The molecule has 164 valence electrons. The lowest BCUT2D eigenvalue weighted by molar-refractivity contribution is -0.123. The minimum absolute atomic E-state index is 0.0414. The van der Waals surface area contributed by atoms with Gasteiger partial charge in [-0.05, 0) is 57.2 Å². The predicted molar refractivity (Wildman–Crippen MR) is 126 cm³/mol. The van der Waals surface area contributed by atoms with Crippen molar-refractivity contribution < 1.29 is 4.79 Å². The number of halogens is 1. The number of carbonyl (C=O) groups excluding carboxylic acids is 1. The third kappa shape index (κ3) is 4.50. The Morgan fingerprint density at radius 1 is 1.16 bits per heavy atom. The van der Waals surface area contributed by atoms with E-state index in [0.717, 1.165) is 61.4 Å². The maximum absolute atomic E-state index is 12.5. The van der Waals surface area contributed by atoms with Gasteiger partial charge >= 0.3 is 0 Å². The van der Waals surface area contributed by atoms with Crippen molar-refractivity contribution in [2.24, 2.45) is 0 Å². The molecule has 3 aromatic rings. The molecular formula is C25H26ClN5O. The first kappa shape index (κ1) is 21.0. The second kappa shape index (κ2) is 9.32. The van der Waals surface area contributed by atoms with E-state index in [-0.39, 0.29) is 24.0 Å². The van der Waals surface area contributed by atoms with Crippen molar-refractivity contribution in [2.75, 3.05) is 11.9 Å². The molecule has 5 rings (SSSR count). The van der Waals surface area contributed by atoms with Crippen LogP contribution in [0.1, 0.15) is 38.5 Å². The van der Waals surface area contributed by atoms with E-state index in [4.69, 9.17) is 16.6 Å². The molecule has 1 aromatic heterocycles. The van der Waals surface area contributed by atoms with Gasteiger partial charge in [-0.15, -0.1) is 0 Å². The van der Waals surface area contributed by atoms with E-state index in [1.165, 1.54) is 0 Å². The molecule has 0 unspecified atom stereocenters. The summed E-state index contributed by atoms with van der Waals surface area (Å²) in [6.45, 7) is 0.926. The van der Waals surface area contributed by atoms with Gasteiger partial charge in [-0.2, -0.15) is 0 Å². The number of carbonyl (C=O) groups is 1. The fourth-order valence-electron chi connectivity index (χ4n) is 4.76. The Kier molecular flexibility index (Phi) is 6.11. The van der Waals surface area contributed by atoms with Gasteiger partial charge in [-0.25, -0.2) is 9.97 Å². The molecule has 2 aliphatic rings. The van der Waals surface area contributed by atoms with E-state index < -0.39 is 0 Å². The summed E-state index contributed by atoms with van der Waals surface area (Å²) in [5, 5.41) is 12.5. The van der Waals surface area contributed by atoms with Crippen molar-refractivity contribution in [3.63, 3.8) is 0 Å². The SMILES string of the molecule is O=C(N[C@H]1CCC[C@@H](Nc2ncc(Cl)c(-c3cc#cc4ccccc34)n2)C1)[C@@H]1CCCN1. The topological polar surface area (TPSA) is 78.9 Å². The quantitative estimate of drug-likeness (QED) is 0.547. The van der Waals surface area contributed by atoms with Gasteiger partial charge in [0.1, 0.15) is 0 Å². The molecule has 3 N–H and O–H groups in total. The molecule has 2 fully saturated rings. The van der Waals surface area contributed by atoms with Crippen molar-refractivity contribution in [1.82, 2.24) is 20.6 Å². The molecule has 0 spiro atoms. The number of nitrogens with zero attached hydrogens (tertiary/aromatic N) is 2. The molecule has 1 aliphatic heterocycles. The van der Waals surface area contributed by atoms with Gasteiger partial charge in [-0.3, -0.25) is 4.79 Å². The summed E-state index contributed by atoms with van der Waals surface area (Å²) in [4.78, 5) is 21.7. The van der Waals surface area contributed by atoms with Crippen molar-refractivity contribution in [3.05, 3.63) is 53.7 Å². The Bertz CT molecular complexity index is 1110. The third-order valence-corrected chi connectivity index (χ3v) is 6.65. The molecule has 1 saturated carbocycles. The van der Waals surface area contributed by atoms with Gasteiger partial charge in [0.15, 0.2) is 0 Å². The van der Waals surface area contributed by atoms with Crippen LogP contribution in [0.4, 0.5) is 5.95 Å². The first-order chi connectivity index (χ1) is 15.7. The Morgan fingerprint density at radius 2 is 2.03 bits per heavy atom. The Morgan fingerprint density at radius 3 is 2.91 bits per heavy atom. The molecular weight excluding hydrogens is 422 g/mol. The molecule has 3 atom stereocenters. The van der Waals surface area contributed by atoms with Crippen molar-refractivity contribution in [1.29, 1.82) is 0 Å². The molecule has 0 radical (unpaired) electrons. The number of hydrogen-bond donors (Lipinski definition) is 3. The van der Waals surface area contributed by atoms with E-state index >= 15 is 0 Å².